The monoisotopic (exact) mass is 462 g/mol. The largest absolute Gasteiger partial charge is 0.478 e. The van der Waals surface area contributed by atoms with Gasteiger partial charge in [0.1, 0.15) is 5.82 Å². The standard InChI is InChI=1S/C22H27FN4O4S/c23-17-4-6-19(7-5-17)32(30,31)25-20-14-16(22(28)29)15-24-21(20)27-12-8-18(9-13-27)26-10-2-1-3-11-26/h4-7,14-15,18,25H,1-3,8-13H2,(H,28,29). The van der Waals surface area contributed by atoms with Gasteiger partial charge in [0.25, 0.3) is 10.0 Å². The number of nitrogens with zero attached hydrogens (tertiary/aromatic N) is 3. The number of aromatic carboxylic acids is 1. The second-order valence-corrected chi connectivity index (χ2v) is 9.96. The third kappa shape index (κ3) is 5.02. The summed E-state index contributed by atoms with van der Waals surface area (Å²) in [6, 6.07) is 6.23. The molecular formula is C22H27FN4O4S. The van der Waals surface area contributed by atoms with Gasteiger partial charge in [-0.25, -0.2) is 22.6 Å². The molecule has 0 amide bonds. The molecule has 1 aromatic carbocycles. The SMILES string of the molecule is O=C(O)c1cnc(N2CCC(N3CCCCC3)CC2)c(NS(=O)(=O)c2ccc(F)cc2)c1. The number of sulfonamides is 1. The molecule has 0 saturated carbocycles. The molecule has 2 N–H and O–H groups in total. The molecule has 32 heavy (non-hydrogen) atoms. The number of benzene rings is 1. The molecule has 0 aliphatic carbocycles. The molecule has 10 heteroatoms. The molecule has 2 saturated heterocycles. The van der Waals surface area contributed by atoms with E-state index in [-0.39, 0.29) is 16.1 Å². The van der Waals surface area contributed by atoms with Crippen molar-refractivity contribution in [3.63, 3.8) is 0 Å². The number of anilines is 2. The van der Waals surface area contributed by atoms with Gasteiger partial charge in [0.15, 0.2) is 5.82 Å². The summed E-state index contributed by atoms with van der Waals surface area (Å²) in [4.78, 5) is 20.2. The van der Waals surface area contributed by atoms with Crippen molar-refractivity contribution in [1.82, 2.24) is 9.88 Å². The average molecular weight is 463 g/mol. The van der Waals surface area contributed by atoms with E-state index in [1.807, 2.05) is 4.90 Å². The van der Waals surface area contributed by atoms with E-state index in [2.05, 4.69) is 14.6 Å². The van der Waals surface area contributed by atoms with Crippen LogP contribution in [0.5, 0.6) is 0 Å². The Hall–Kier alpha value is -2.72. The van der Waals surface area contributed by atoms with E-state index in [9.17, 15) is 22.7 Å². The highest BCUT2D eigenvalue weighted by atomic mass is 32.2. The minimum absolute atomic E-state index is 0.102. The summed E-state index contributed by atoms with van der Waals surface area (Å²) in [6.45, 7) is 3.65. The average Bonchev–Trinajstić information content (AvgIpc) is 2.80. The number of carboxylic acid groups (broad SMARTS) is 1. The van der Waals surface area contributed by atoms with Gasteiger partial charge in [0, 0.05) is 25.3 Å². The number of likely N-dealkylation sites (tertiary alicyclic amines) is 1. The van der Waals surface area contributed by atoms with Crippen molar-refractivity contribution in [3.8, 4) is 0 Å². The van der Waals surface area contributed by atoms with E-state index in [1.165, 1.54) is 31.5 Å². The number of aromatic nitrogens is 1. The number of hydrogen-bond acceptors (Lipinski definition) is 6. The zero-order chi connectivity index (χ0) is 22.7. The Morgan fingerprint density at radius 2 is 1.72 bits per heavy atom. The van der Waals surface area contributed by atoms with Gasteiger partial charge >= 0.3 is 5.97 Å². The summed E-state index contributed by atoms with van der Waals surface area (Å²) >= 11 is 0. The molecule has 3 heterocycles. The Labute approximate surface area is 187 Å². The molecule has 172 valence electrons. The van der Waals surface area contributed by atoms with E-state index in [1.54, 1.807) is 0 Å². The van der Waals surface area contributed by atoms with Crippen molar-refractivity contribution in [3.05, 3.63) is 47.9 Å². The van der Waals surface area contributed by atoms with Crippen LogP contribution in [0.2, 0.25) is 0 Å². The highest BCUT2D eigenvalue weighted by Gasteiger charge is 2.28. The van der Waals surface area contributed by atoms with Gasteiger partial charge in [0.2, 0.25) is 0 Å². The van der Waals surface area contributed by atoms with Crippen molar-refractivity contribution < 1.29 is 22.7 Å². The summed E-state index contributed by atoms with van der Waals surface area (Å²) in [5.41, 5.74) is -0.0144. The highest BCUT2D eigenvalue weighted by molar-refractivity contribution is 7.92. The van der Waals surface area contributed by atoms with E-state index in [0.717, 1.165) is 50.2 Å². The molecule has 4 rings (SSSR count). The summed E-state index contributed by atoms with van der Waals surface area (Å²) in [6.07, 6.45) is 6.86. The fourth-order valence-electron chi connectivity index (χ4n) is 4.45. The van der Waals surface area contributed by atoms with Crippen LogP contribution in [0.3, 0.4) is 0 Å². The normalized spacial score (nSPS) is 18.5. The van der Waals surface area contributed by atoms with Crippen LogP contribution in [-0.2, 0) is 10.0 Å². The fraction of sp³-hybridized carbons (Fsp3) is 0.455. The zero-order valence-electron chi connectivity index (χ0n) is 17.7. The lowest BCUT2D eigenvalue weighted by atomic mass is 10.00. The maximum absolute atomic E-state index is 13.2. The maximum Gasteiger partial charge on any atom is 0.337 e. The molecule has 2 aliphatic rings. The number of hydrogen-bond donors (Lipinski definition) is 2. The lowest BCUT2D eigenvalue weighted by molar-refractivity contribution is 0.0696. The van der Waals surface area contributed by atoms with Crippen molar-refractivity contribution in [2.45, 2.75) is 43.0 Å². The third-order valence-electron chi connectivity index (χ3n) is 6.15. The highest BCUT2D eigenvalue weighted by Crippen LogP contribution is 2.31. The van der Waals surface area contributed by atoms with E-state index in [4.69, 9.17) is 0 Å². The molecule has 1 aromatic heterocycles. The Balaban J connectivity index is 1.56. The van der Waals surface area contributed by atoms with Crippen molar-refractivity contribution in [1.29, 1.82) is 0 Å². The fourth-order valence-corrected chi connectivity index (χ4v) is 5.50. The number of rotatable bonds is 6. The number of carboxylic acids is 1. The second kappa shape index (κ2) is 9.41. The first-order valence-electron chi connectivity index (χ1n) is 10.8. The number of carbonyl (C=O) groups is 1. The van der Waals surface area contributed by atoms with Crippen molar-refractivity contribution in [2.24, 2.45) is 0 Å². The van der Waals surface area contributed by atoms with Crippen LogP contribution in [0.4, 0.5) is 15.9 Å². The predicted molar refractivity (Wildman–Crippen MR) is 119 cm³/mol. The molecule has 8 nitrogen and oxygen atoms in total. The van der Waals surface area contributed by atoms with Crippen LogP contribution in [-0.4, -0.2) is 61.6 Å². The number of piperidine rings is 2. The van der Waals surface area contributed by atoms with Crippen molar-refractivity contribution >= 4 is 27.5 Å². The number of halogens is 1. The lowest BCUT2D eigenvalue weighted by Crippen LogP contribution is -2.47. The van der Waals surface area contributed by atoms with Crippen LogP contribution in [0.1, 0.15) is 42.5 Å². The topological polar surface area (TPSA) is 103 Å². The summed E-state index contributed by atoms with van der Waals surface area (Å²) in [5, 5.41) is 9.36. The number of nitrogens with one attached hydrogen (secondary N) is 1. The first-order valence-corrected chi connectivity index (χ1v) is 12.3. The van der Waals surface area contributed by atoms with E-state index in [0.29, 0.717) is 24.9 Å². The smallest absolute Gasteiger partial charge is 0.337 e. The first kappa shape index (κ1) is 22.5. The Morgan fingerprint density at radius 3 is 2.34 bits per heavy atom. The van der Waals surface area contributed by atoms with Gasteiger partial charge < -0.3 is 14.9 Å². The Kier molecular flexibility index (Phi) is 6.61. The van der Waals surface area contributed by atoms with Crippen LogP contribution < -0.4 is 9.62 Å². The van der Waals surface area contributed by atoms with Crippen LogP contribution in [0.15, 0.2) is 41.4 Å². The van der Waals surface area contributed by atoms with Gasteiger partial charge in [-0.2, -0.15) is 0 Å². The van der Waals surface area contributed by atoms with Gasteiger partial charge in [-0.15, -0.1) is 0 Å². The van der Waals surface area contributed by atoms with Crippen LogP contribution >= 0.6 is 0 Å². The van der Waals surface area contributed by atoms with Gasteiger partial charge in [-0.1, -0.05) is 6.42 Å². The Morgan fingerprint density at radius 1 is 1.06 bits per heavy atom. The first-order chi connectivity index (χ1) is 15.3. The molecule has 0 atom stereocenters. The molecular weight excluding hydrogens is 435 g/mol. The Bertz CT molecular complexity index is 1060. The molecule has 2 aromatic rings. The van der Waals surface area contributed by atoms with Gasteiger partial charge in [-0.3, -0.25) is 4.72 Å². The summed E-state index contributed by atoms with van der Waals surface area (Å²) < 4.78 is 41.4. The minimum Gasteiger partial charge on any atom is -0.478 e. The lowest BCUT2D eigenvalue weighted by Gasteiger charge is -2.40. The predicted octanol–water partition coefficient (Wildman–Crippen LogP) is 3.17. The molecule has 2 aliphatic heterocycles. The molecule has 0 unspecified atom stereocenters. The third-order valence-corrected chi connectivity index (χ3v) is 7.53. The van der Waals surface area contributed by atoms with Crippen LogP contribution in [0, 0.1) is 5.82 Å². The number of pyridine rings is 1. The van der Waals surface area contributed by atoms with Gasteiger partial charge in [-0.05, 0) is 69.1 Å². The second-order valence-electron chi connectivity index (χ2n) is 8.27. The summed E-state index contributed by atoms with van der Waals surface area (Å²) in [5.74, 6) is -1.34. The zero-order valence-corrected chi connectivity index (χ0v) is 18.5. The minimum atomic E-state index is -4.05. The van der Waals surface area contributed by atoms with E-state index >= 15 is 0 Å². The maximum atomic E-state index is 13.2. The summed E-state index contributed by atoms with van der Waals surface area (Å²) in [7, 11) is -4.05. The molecule has 2 fully saturated rings. The van der Waals surface area contributed by atoms with Gasteiger partial charge in [0.05, 0.1) is 16.1 Å². The van der Waals surface area contributed by atoms with Crippen LogP contribution in [0.25, 0.3) is 0 Å². The quantitative estimate of drug-likeness (QED) is 0.680. The van der Waals surface area contributed by atoms with Crippen molar-refractivity contribution in [2.75, 3.05) is 35.8 Å². The van der Waals surface area contributed by atoms with E-state index < -0.39 is 21.8 Å². The molecule has 0 spiro atoms. The molecule has 0 bridgehead atoms. The molecule has 0 radical (unpaired) electrons.